The Kier molecular flexibility index (Phi) is 6.13. The van der Waals surface area contributed by atoms with Crippen molar-refractivity contribution in [3.05, 3.63) is 92.2 Å². The zero-order chi connectivity index (χ0) is 19.9. The minimum atomic E-state index is -0.459. The second kappa shape index (κ2) is 8.92. The molecule has 2 aromatic carbocycles. The summed E-state index contributed by atoms with van der Waals surface area (Å²) in [7, 11) is 0. The number of hydrogen-bond acceptors (Lipinski definition) is 6. The number of nitrogens with one attached hydrogen (secondary N) is 2. The van der Waals surface area contributed by atoms with Crippen LogP contribution >= 0.6 is 11.3 Å². The van der Waals surface area contributed by atoms with E-state index < -0.39 is 4.92 Å². The first-order valence-electron chi connectivity index (χ1n) is 8.50. The van der Waals surface area contributed by atoms with E-state index in [0.29, 0.717) is 34.8 Å². The summed E-state index contributed by atoms with van der Waals surface area (Å²) in [6.45, 7) is 0.766. The van der Waals surface area contributed by atoms with Gasteiger partial charge in [0.15, 0.2) is 0 Å². The van der Waals surface area contributed by atoms with E-state index in [1.165, 1.54) is 23.5 Å². The highest BCUT2D eigenvalue weighted by Crippen LogP contribution is 2.18. The minimum absolute atomic E-state index is 0.0193. The van der Waals surface area contributed by atoms with Gasteiger partial charge in [-0.05, 0) is 29.6 Å². The van der Waals surface area contributed by atoms with Crippen LogP contribution in [0.2, 0.25) is 0 Å². The molecule has 1 aromatic heterocycles. The highest BCUT2D eigenvalue weighted by molar-refractivity contribution is 7.12. The number of anilines is 1. The normalized spacial score (nSPS) is 10.3. The number of nitro benzene ring substituents is 1. The molecule has 1 amide bonds. The fourth-order valence-corrected chi connectivity index (χ4v) is 3.28. The lowest BCUT2D eigenvalue weighted by molar-refractivity contribution is -0.384. The number of carbonyl (C=O) groups is 2. The lowest BCUT2D eigenvalue weighted by Crippen LogP contribution is -2.30. The van der Waals surface area contributed by atoms with Crippen LogP contribution in [0.4, 0.5) is 11.4 Å². The Labute approximate surface area is 165 Å². The maximum atomic E-state index is 12.6. The van der Waals surface area contributed by atoms with E-state index in [4.69, 9.17) is 0 Å². The summed E-state index contributed by atoms with van der Waals surface area (Å²) in [5.41, 5.74) is 1.43. The first-order chi connectivity index (χ1) is 13.6. The second-order valence-electron chi connectivity index (χ2n) is 5.84. The highest BCUT2D eigenvalue weighted by Gasteiger charge is 2.18. The molecule has 28 heavy (non-hydrogen) atoms. The van der Waals surface area contributed by atoms with Crippen molar-refractivity contribution < 1.29 is 14.5 Å². The third-order valence-corrected chi connectivity index (χ3v) is 4.85. The number of ketones is 1. The molecule has 7 nitrogen and oxygen atoms in total. The maximum Gasteiger partial charge on any atom is 0.269 e. The molecule has 0 aliphatic carbocycles. The molecule has 0 saturated heterocycles. The molecule has 0 bridgehead atoms. The van der Waals surface area contributed by atoms with Gasteiger partial charge in [0, 0.05) is 36.5 Å². The van der Waals surface area contributed by atoms with Gasteiger partial charge < -0.3 is 10.6 Å². The van der Waals surface area contributed by atoms with Gasteiger partial charge in [0.1, 0.15) is 0 Å². The first-order valence-corrected chi connectivity index (χ1v) is 9.38. The summed E-state index contributed by atoms with van der Waals surface area (Å²) in [6, 6.07) is 16.3. The summed E-state index contributed by atoms with van der Waals surface area (Å²) in [5, 5.41) is 18.3. The Morgan fingerprint density at radius 3 is 2.29 bits per heavy atom. The Balaban J connectivity index is 1.57. The lowest BCUT2D eigenvalue weighted by atomic mass is 10.0. The Morgan fingerprint density at radius 2 is 1.64 bits per heavy atom. The molecule has 0 aliphatic heterocycles. The molecule has 3 rings (SSSR count). The second-order valence-corrected chi connectivity index (χ2v) is 6.79. The highest BCUT2D eigenvalue weighted by atomic mass is 32.1. The predicted octanol–water partition coefficient (Wildman–Crippen LogP) is 3.73. The number of benzene rings is 2. The maximum absolute atomic E-state index is 12.6. The van der Waals surface area contributed by atoms with E-state index in [-0.39, 0.29) is 17.4 Å². The SMILES string of the molecule is O=C(NCCNc1ccc([N+](=O)[O-])cc1)c1ccccc1C(=O)c1cccs1. The molecule has 0 fully saturated rings. The van der Waals surface area contributed by atoms with Crippen molar-refractivity contribution in [3.63, 3.8) is 0 Å². The van der Waals surface area contributed by atoms with Crippen LogP contribution < -0.4 is 10.6 Å². The van der Waals surface area contributed by atoms with Gasteiger partial charge in [0.2, 0.25) is 5.78 Å². The smallest absolute Gasteiger partial charge is 0.269 e. The molecule has 1 heterocycles. The molecule has 2 N–H and O–H groups in total. The molecule has 0 unspecified atom stereocenters. The Bertz CT molecular complexity index is 985. The zero-order valence-electron chi connectivity index (χ0n) is 14.8. The van der Waals surface area contributed by atoms with Crippen molar-refractivity contribution in [2.75, 3.05) is 18.4 Å². The first kappa shape index (κ1) is 19.2. The summed E-state index contributed by atoms with van der Waals surface area (Å²) < 4.78 is 0. The standard InChI is InChI=1S/C20H17N3O4S/c24-19(18-6-3-13-28-18)16-4-1-2-5-17(16)20(25)22-12-11-21-14-7-9-15(10-8-14)23(26)27/h1-10,13,21H,11-12H2,(H,22,25). The van der Waals surface area contributed by atoms with Gasteiger partial charge >= 0.3 is 0 Å². The number of nitro groups is 1. The van der Waals surface area contributed by atoms with Crippen LogP contribution in [0, 0.1) is 10.1 Å². The molecule has 8 heteroatoms. The molecule has 0 radical (unpaired) electrons. The molecule has 142 valence electrons. The monoisotopic (exact) mass is 395 g/mol. The molecular weight excluding hydrogens is 378 g/mol. The van der Waals surface area contributed by atoms with Crippen molar-refractivity contribution in [3.8, 4) is 0 Å². The number of carbonyl (C=O) groups excluding carboxylic acids is 2. The number of amides is 1. The van der Waals surface area contributed by atoms with Crippen LogP contribution in [-0.2, 0) is 0 Å². The lowest BCUT2D eigenvalue weighted by Gasteiger charge is -2.10. The topological polar surface area (TPSA) is 101 Å². The Hall–Kier alpha value is -3.52. The van der Waals surface area contributed by atoms with E-state index in [0.717, 1.165) is 0 Å². The van der Waals surface area contributed by atoms with Crippen molar-refractivity contribution in [2.45, 2.75) is 0 Å². The van der Waals surface area contributed by atoms with Gasteiger partial charge in [-0.3, -0.25) is 19.7 Å². The summed E-state index contributed by atoms with van der Waals surface area (Å²) >= 11 is 1.33. The number of nitrogens with zero attached hydrogens (tertiary/aromatic N) is 1. The van der Waals surface area contributed by atoms with Crippen LogP contribution in [0.25, 0.3) is 0 Å². The molecule has 3 aromatic rings. The van der Waals surface area contributed by atoms with E-state index >= 15 is 0 Å². The molecule has 0 aliphatic rings. The van der Waals surface area contributed by atoms with Crippen molar-refractivity contribution in [1.29, 1.82) is 0 Å². The fraction of sp³-hybridized carbons (Fsp3) is 0.100. The Morgan fingerprint density at radius 1 is 0.929 bits per heavy atom. The molecule has 0 saturated carbocycles. The van der Waals surface area contributed by atoms with Gasteiger partial charge in [-0.2, -0.15) is 0 Å². The van der Waals surface area contributed by atoms with E-state index in [2.05, 4.69) is 10.6 Å². The molecule has 0 spiro atoms. The average Bonchev–Trinajstić information content (AvgIpc) is 3.25. The minimum Gasteiger partial charge on any atom is -0.383 e. The summed E-state index contributed by atoms with van der Waals surface area (Å²) in [5.74, 6) is -0.504. The number of thiophene rings is 1. The number of non-ortho nitro benzene ring substituents is 1. The van der Waals surface area contributed by atoms with E-state index in [1.807, 2.05) is 5.38 Å². The van der Waals surface area contributed by atoms with Crippen LogP contribution in [-0.4, -0.2) is 29.7 Å². The fourth-order valence-electron chi connectivity index (χ4n) is 2.60. The van der Waals surface area contributed by atoms with E-state index in [9.17, 15) is 19.7 Å². The average molecular weight is 395 g/mol. The van der Waals surface area contributed by atoms with E-state index in [1.54, 1.807) is 48.5 Å². The largest absolute Gasteiger partial charge is 0.383 e. The zero-order valence-corrected chi connectivity index (χ0v) is 15.6. The van der Waals surface area contributed by atoms with Crippen molar-refractivity contribution in [2.24, 2.45) is 0 Å². The van der Waals surface area contributed by atoms with Gasteiger partial charge in [0.25, 0.3) is 11.6 Å². The van der Waals surface area contributed by atoms with Gasteiger partial charge in [-0.15, -0.1) is 11.3 Å². The molecular formula is C20H17N3O4S. The van der Waals surface area contributed by atoms with Crippen LogP contribution in [0.5, 0.6) is 0 Å². The van der Waals surface area contributed by atoms with Gasteiger partial charge in [-0.1, -0.05) is 24.3 Å². The van der Waals surface area contributed by atoms with Gasteiger partial charge in [-0.25, -0.2) is 0 Å². The van der Waals surface area contributed by atoms with Crippen LogP contribution in [0.1, 0.15) is 25.6 Å². The number of rotatable bonds is 8. The predicted molar refractivity (Wildman–Crippen MR) is 108 cm³/mol. The third-order valence-electron chi connectivity index (χ3n) is 3.98. The summed E-state index contributed by atoms with van der Waals surface area (Å²) in [4.78, 5) is 35.9. The van der Waals surface area contributed by atoms with Crippen molar-refractivity contribution in [1.82, 2.24) is 5.32 Å². The summed E-state index contributed by atoms with van der Waals surface area (Å²) in [6.07, 6.45) is 0. The van der Waals surface area contributed by atoms with Crippen LogP contribution in [0.3, 0.4) is 0 Å². The molecule has 0 atom stereocenters. The number of hydrogen-bond donors (Lipinski definition) is 2. The quantitative estimate of drug-likeness (QED) is 0.262. The van der Waals surface area contributed by atoms with Crippen molar-refractivity contribution >= 4 is 34.4 Å². The third kappa shape index (κ3) is 4.60. The van der Waals surface area contributed by atoms with Crippen LogP contribution in [0.15, 0.2) is 66.0 Å². The van der Waals surface area contributed by atoms with Gasteiger partial charge in [0.05, 0.1) is 15.4 Å².